The van der Waals surface area contributed by atoms with E-state index in [0.29, 0.717) is 34.5 Å². The Balaban J connectivity index is 1.58. The summed E-state index contributed by atoms with van der Waals surface area (Å²) >= 11 is 6.05. The molecule has 0 aliphatic heterocycles. The van der Waals surface area contributed by atoms with Gasteiger partial charge in [-0.2, -0.15) is 4.98 Å². The van der Waals surface area contributed by atoms with Gasteiger partial charge in [-0.3, -0.25) is 0 Å². The van der Waals surface area contributed by atoms with Gasteiger partial charge >= 0.3 is 0 Å². The number of benzene rings is 1. The van der Waals surface area contributed by atoms with E-state index in [1.807, 2.05) is 7.05 Å². The van der Waals surface area contributed by atoms with Crippen LogP contribution in [-0.4, -0.2) is 19.7 Å². The summed E-state index contributed by atoms with van der Waals surface area (Å²) in [7, 11) is 1.84. The molecule has 1 fully saturated rings. The molecule has 1 aromatic carbocycles. The van der Waals surface area contributed by atoms with E-state index in [1.54, 1.807) is 10.8 Å². The Morgan fingerprint density at radius 2 is 2.00 bits per heavy atom. The molecule has 0 radical (unpaired) electrons. The van der Waals surface area contributed by atoms with Gasteiger partial charge in [-0.25, -0.2) is 4.98 Å². The number of halogens is 1. The summed E-state index contributed by atoms with van der Waals surface area (Å²) in [6, 6.07) is 8.63. The summed E-state index contributed by atoms with van der Waals surface area (Å²) in [6.45, 7) is 0. The first kappa shape index (κ1) is 13.3. The maximum absolute atomic E-state index is 6.05. The van der Waals surface area contributed by atoms with Gasteiger partial charge in [-0.1, -0.05) is 41.0 Å². The van der Waals surface area contributed by atoms with Gasteiger partial charge in [0, 0.05) is 7.05 Å². The zero-order valence-corrected chi connectivity index (χ0v) is 13.4. The van der Waals surface area contributed by atoms with Gasteiger partial charge in [0.1, 0.15) is 5.15 Å². The molecule has 6 rings (SSSR count). The topological polar surface area (TPSA) is 56.7 Å². The Morgan fingerprint density at radius 3 is 2.74 bits per heavy atom. The lowest BCUT2D eigenvalue weighted by molar-refractivity contribution is 0.185. The minimum atomic E-state index is 0.202. The van der Waals surface area contributed by atoms with Crippen LogP contribution in [0.2, 0.25) is 5.15 Å². The van der Waals surface area contributed by atoms with E-state index >= 15 is 0 Å². The lowest BCUT2D eigenvalue weighted by atomic mass is 9.57. The maximum atomic E-state index is 6.05. The molecule has 3 aliphatic rings. The number of aromatic nitrogens is 4. The zero-order chi connectivity index (χ0) is 15.6. The average molecular weight is 327 g/mol. The first-order valence-electron chi connectivity index (χ1n) is 7.82. The highest BCUT2D eigenvalue weighted by molar-refractivity contribution is 6.29. The van der Waals surface area contributed by atoms with Crippen LogP contribution in [0.15, 0.2) is 35.0 Å². The molecule has 0 spiro atoms. The van der Waals surface area contributed by atoms with Crippen molar-refractivity contribution in [1.82, 2.24) is 19.7 Å². The second-order valence-electron chi connectivity index (χ2n) is 6.45. The lowest BCUT2D eigenvalue weighted by Gasteiger charge is -2.46. The Kier molecular flexibility index (Phi) is 2.71. The molecule has 3 aromatic rings. The first-order chi connectivity index (χ1) is 11.2. The Bertz CT molecular complexity index is 894. The lowest BCUT2D eigenvalue weighted by Crippen LogP contribution is -2.35. The minimum Gasteiger partial charge on any atom is -0.338 e. The van der Waals surface area contributed by atoms with Crippen molar-refractivity contribution in [3.63, 3.8) is 0 Å². The van der Waals surface area contributed by atoms with Crippen molar-refractivity contribution in [2.75, 3.05) is 0 Å². The molecule has 1 unspecified atom stereocenters. The summed E-state index contributed by atoms with van der Waals surface area (Å²) in [4.78, 5) is 8.90. The quantitative estimate of drug-likeness (QED) is 0.719. The van der Waals surface area contributed by atoms with Gasteiger partial charge in [-0.15, -0.1) is 0 Å². The second kappa shape index (κ2) is 4.68. The van der Waals surface area contributed by atoms with E-state index in [-0.39, 0.29) is 5.92 Å². The van der Waals surface area contributed by atoms with Crippen molar-refractivity contribution in [2.24, 2.45) is 13.0 Å². The van der Waals surface area contributed by atoms with E-state index < -0.39 is 0 Å². The Morgan fingerprint density at radius 1 is 1.22 bits per heavy atom. The smallest absolute Gasteiger partial charge is 0.238 e. The van der Waals surface area contributed by atoms with E-state index in [2.05, 4.69) is 39.4 Å². The SMILES string of the molecule is Cn1c(Cl)cnc1-c1noc(C2c3ccccc3C3CC2C3)n1. The van der Waals surface area contributed by atoms with Crippen molar-refractivity contribution >= 4 is 11.6 Å². The fourth-order valence-corrected chi connectivity index (χ4v) is 4.12. The molecule has 23 heavy (non-hydrogen) atoms. The zero-order valence-electron chi connectivity index (χ0n) is 12.6. The van der Waals surface area contributed by atoms with Crippen molar-refractivity contribution in [2.45, 2.75) is 24.7 Å². The van der Waals surface area contributed by atoms with Crippen LogP contribution in [0, 0.1) is 5.92 Å². The number of nitrogens with zero attached hydrogens (tertiary/aromatic N) is 4. The highest BCUT2D eigenvalue weighted by Crippen LogP contribution is 2.57. The van der Waals surface area contributed by atoms with Crippen molar-refractivity contribution in [3.8, 4) is 11.6 Å². The molecule has 0 saturated heterocycles. The molecule has 3 aliphatic carbocycles. The molecular formula is C17H15ClN4O. The van der Waals surface area contributed by atoms with E-state index in [9.17, 15) is 0 Å². The van der Waals surface area contributed by atoms with Gasteiger partial charge in [0.15, 0.2) is 5.82 Å². The molecule has 116 valence electrons. The third-order valence-corrected chi connectivity index (χ3v) is 5.61. The molecule has 0 N–H and O–H groups in total. The number of imidazole rings is 1. The van der Waals surface area contributed by atoms with Gasteiger partial charge in [-0.05, 0) is 35.8 Å². The molecule has 6 heteroatoms. The van der Waals surface area contributed by atoms with Crippen LogP contribution in [0.1, 0.15) is 41.7 Å². The van der Waals surface area contributed by atoms with Crippen LogP contribution < -0.4 is 0 Å². The summed E-state index contributed by atoms with van der Waals surface area (Å²) < 4.78 is 7.37. The van der Waals surface area contributed by atoms with Crippen molar-refractivity contribution in [3.05, 3.63) is 52.6 Å². The van der Waals surface area contributed by atoms with Gasteiger partial charge in [0.05, 0.1) is 12.1 Å². The largest absolute Gasteiger partial charge is 0.338 e. The van der Waals surface area contributed by atoms with Crippen molar-refractivity contribution < 1.29 is 4.52 Å². The number of rotatable bonds is 2. The molecule has 2 bridgehead atoms. The summed E-state index contributed by atoms with van der Waals surface area (Å²) in [6.07, 6.45) is 4.03. The van der Waals surface area contributed by atoms with Gasteiger partial charge < -0.3 is 9.09 Å². The minimum absolute atomic E-state index is 0.202. The monoisotopic (exact) mass is 326 g/mol. The highest BCUT2D eigenvalue weighted by Gasteiger charge is 2.46. The molecule has 0 amide bonds. The van der Waals surface area contributed by atoms with E-state index in [4.69, 9.17) is 16.1 Å². The predicted octanol–water partition coefficient (Wildman–Crippen LogP) is 3.76. The third-order valence-electron chi connectivity index (χ3n) is 5.26. The molecule has 2 aromatic heterocycles. The normalized spacial score (nSPS) is 25.0. The molecule has 1 saturated carbocycles. The molecule has 5 nitrogen and oxygen atoms in total. The van der Waals surface area contributed by atoms with Crippen LogP contribution in [0.5, 0.6) is 0 Å². The summed E-state index contributed by atoms with van der Waals surface area (Å²) in [5, 5.41) is 4.68. The van der Waals surface area contributed by atoms with E-state index in [1.165, 1.54) is 24.0 Å². The molecular weight excluding hydrogens is 312 g/mol. The van der Waals surface area contributed by atoms with Crippen LogP contribution >= 0.6 is 11.6 Å². The van der Waals surface area contributed by atoms with E-state index in [0.717, 1.165) is 0 Å². The molecule has 1 atom stereocenters. The molecule has 2 heterocycles. The average Bonchev–Trinajstić information content (AvgIpc) is 3.13. The van der Waals surface area contributed by atoms with Crippen LogP contribution in [0.25, 0.3) is 11.6 Å². The third kappa shape index (κ3) is 1.83. The Hall–Kier alpha value is -2.14. The fraction of sp³-hybridized carbons (Fsp3) is 0.353. The highest BCUT2D eigenvalue weighted by atomic mass is 35.5. The maximum Gasteiger partial charge on any atom is 0.238 e. The van der Waals surface area contributed by atoms with Gasteiger partial charge in [0.25, 0.3) is 0 Å². The fourth-order valence-electron chi connectivity index (χ4n) is 3.99. The van der Waals surface area contributed by atoms with Gasteiger partial charge in [0.2, 0.25) is 11.7 Å². The second-order valence-corrected chi connectivity index (χ2v) is 6.84. The van der Waals surface area contributed by atoms with Crippen LogP contribution in [0.4, 0.5) is 0 Å². The van der Waals surface area contributed by atoms with Crippen LogP contribution in [-0.2, 0) is 7.05 Å². The van der Waals surface area contributed by atoms with Crippen molar-refractivity contribution in [1.29, 1.82) is 0 Å². The van der Waals surface area contributed by atoms with Crippen LogP contribution in [0.3, 0.4) is 0 Å². The summed E-state index contributed by atoms with van der Waals surface area (Å²) in [5.74, 6) is 3.33. The first-order valence-corrected chi connectivity index (χ1v) is 8.20. The number of hydrogen-bond acceptors (Lipinski definition) is 4. The number of hydrogen-bond donors (Lipinski definition) is 0. The predicted molar refractivity (Wildman–Crippen MR) is 85.3 cm³/mol. The summed E-state index contributed by atoms with van der Waals surface area (Å²) in [5.41, 5.74) is 2.79. The standard InChI is InChI=1S/C17H15ClN4O/c1-22-13(18)8-19-16(22)15-20-17(23-21-15)14-10-6-9(7-10)11-4-2-3-5-12(11)14/h2-5,8-10,14H,6-7H2,1H3. The Labute approximate surface area is 138 Å².